The van der Waals surface area contributed by atoms with E-state index in [1.54, 1.807) is 13.0 Å². The number of ether oxygens (including phenoxy) is 1. The molecule has 1 N–H and O–H groups in total. The molecule has 22 heavy (non-hydrogen) atoms. The molecule has 1 fully saturated rings. The van der Waals surface area contributed by atoms with Gasteiger partial charge in [0.2, 0.25) is 0 Å². The van der Waals surface area contributed by atoms with Crippen LogP contribution in [0.5, 0.6) is 0 Å². The first-order valence-electron chi connectivity index (χ1n) is 6.76. The number of carbonyl (C=O) groups excluding carboxylic acids is 3. The average molecular weight is 326 g/mol. The first kappa shape index (κ1) is 16.2. The SMILES string of the molecule is COC(=O)[C@H]1CCCN1C(=O)C(=O)Nc1cnc(Cl)cc1C. The fraction of sp³-hybridized carbons (Fsp3) is 0.429. The van der Waals surface area contributed by atoms with Crippen LogP contribution in [0.3, 0.4) is 0 Å². The van der Waals surface area contributed by atoms with Crippen LogP contribution < -0.4 is 5.32 Å². The molecule has 7 nitrogen and oxygen atoms in total. The van der Waals surface area contributed by atoms with Crippen LogP contribution in [0.2, 0.25) is 5.15 Å². The van der Waals surface area contributed by atoms with Crippen molar-refractivity contribution >= 4 is 35.1 Å². The highest BCUT2D eigenvalue weighted by Crippen LogP contribution is 2.20. The van der Waals surface area contributed by atoms with Crippen LogP contribution in [-0.4, -0.2) is 47.4 Å². The first-order chi connectivity index (χ1) is 10.4. The number of aromatic nitrogens is 1. The second-order valence-electron chi connectivity index (χ2n) is 4.96. The number of hydrogen-bond acceptors (Lipinski definition) is 5. The van der Waals surface area contributed by atoms with Gasteiger partial charge in [0.1, 0.15) is 11.2 Å². The van der Waals surface area contributed by atoms with Gasteiger partial charge in [0.05, 0.1) is 19.0 Å². The van der Waals surface area contributed by atoms with Crippen molar-refractivity contribution < 1.29 is 19.1 Å². The molecule has 1 aliphatic rings. The van der Waals surface area contributed by atoms with Crippen LogP contribution >= 0.6 is 11.6 Å². The van der Waals surface area contributed by atoms with E-state index in [1.807, 2.05) is 0 Å². The molecule has 0 radical (unpaired) electrons. The zero-order chi connectivity index (χ0) is 16.3. The molecule has 1 aliphatic heterocycles. The number of methoxy groups -OCH3 is 1. The molecule has 0 spiro atoms. The number of aryl methyl sites for hydroxylation is 1. The molecule has 2 amide bonds. The molecule has 0 aliphatic carbocycles. The van der Waals surface area contributed by atoms with Crippen molar-refractivity contribution in [3.8, 4) is 0 Å². The molecule has 1 atom stereocenters. The number of esters is 1. The Kier molecular flexibility index (Phi) is 4.97. The number of nitrogens with zero attached hydrogens (tertiary/aromatic N) is 2. The van der Waals surface area contributed by atoms with Gasteiger partial charge in [-0.05, 0) is 31.4 Å². The maximum Gasteiger partial charge on any atom is 0.328 e. The van der Waals surface area contributed by atoms with E-state index in [0.717, 1.165) is 0 Å². The monoisotopic (exact) mass is 325 g/mol. The third kappa shape index (κ3) is 3.36. The molecule has 1 aromatic heterocycles. The minimum Gasteiger partial charge on any atom is -0.467 e. The maximum atomic E-state index is 12.2. The van der Waals surface area contributed by atoms with Crippen molar-refractivity contribution in [1.82, 2.24) is 9.88 Å². The highest BCUT2D eigenvalue weighted by molar-refractivity contribution is 6.40. The van der Waals surface area contributed by atoms with Crippen molar-refractivity contribution in [2.24, 2.45) is 0 Å². The number of likely N-dealkylation sites (tertiary alicyclic amines) is 1. The van der Waals surface area contributed by atoms with E-state index < -0.39 is 23.8 Å². The number of carbonyl (C=O) groups is 3. The zero-order valence-electron chi connectivity index (χ0n) is 12.3. The van der Waals surface area contributed by atoms with Crippen molar-refractivity contribution in [1.29, 1.82) is 0 Å². The number of nitrogens with one attached hydrogen (secondary N) is 1. The number of amides is 2. The number of rotatable bonds is 2. The summed E-state index contributed by atoms with van der Waals surface area (Å²) in [4.78, 5) is 41.0. The van der Waals surface area contributed by atoms with Gasteiger partial charge in [-0.25, -0.2) is 9.78 Å². The molecule has 1 saturated heterocycles. The summed E-state index contributed by atoms with van der Waals surface area (Å²) < 4.78 is 4.66. The zero-order valence-corrected chi connectivity index (χ0v) is 13.0. The van der Waals surface area contributed by atoms with Crippen molar-refractivity contribution in [3.63, 3.8) is 0 Å². The summed E-state index contributed by atoms with van der Waals surface area (Å²) in [6, 6.07) is 0.877. The second kappa shape index (κ2) is 6.74. The molecular weight excluding hydrogens is 310 g/mol. The van der Waals surface area contributed by atoms with Crippen LogP contribution in [0.25, 0.3) is 0 Å². The Labute approximate surface area is 132 Å². The fourth-order valence-electron chi connectivity index (χ4n) is 2.35. The third-order valence-corrected chi connectivity index (χ3v) is 3.71. The van der Waals surface area contributed by atoms with Crippen LogP contribution in [-0.2, 0) is 19.1 Å². The quantitative estimate of drug-likeness (QED) is 0.500. The second-order valence-corrected chi connectivity index (χ2v) is 5.34. The smallest absolute Gasteiger partial charge is 0.328 e. The fourth-order valence-corrected chi connectivity index (χ4v) is 2.56. The Morgan fingerprint density at radius 2 is 2.18 bits per heavy atom. The molecular formula is C14H16ClN3O4. The molecule has 2 rings (SSSR count). The summed E-state index contributed by atoms with van der Waals surface area (Å²) in [6.45, 7) is 2.09. The van der Waals surface area contributed by atoms with E-state index in [0.29, 0.717) is 35.8 Å². The van der Waals surface area contributed by atoms with E-state index in [1.165, 1.54) is 18.2 Å². The van der Waals surface area contributed by atoms with Gasteiger partial charge >= 0.3 is 17.8 Å². The molecule has 2 heterocycles. The van der Waals surface area contributed by atoms with Crippen molar-refractivity contribution in [3.05, 3.63) is 23.0 Å². The van der Waals surface area contributed by atoms with Crippen LogP contribution in [0.15, 0.2) is 12.3 Å². The molecule has 1 aromatic rings. The van der Waals surface area contributed by atoms with Gasteiger partial charge < -0.3 is 15.0 Å². The molecule has 8 heteroatoms. The number of halogens is 1. The predicted molar refractivity (Wildman–Crippen MR) is 79.4 cm³/mol. The lowest BCUT2D eigenvalue weighted by Gasteiger charge is -2.22. The van der Waals surface area contributed by atoms with Gasteiger partial charge in [0, 0.05) is 6.54 Å². The lowest BCUT2D eigenvalue weighted by Crippen LogP contribution is -2.46. The Morgan fingerprint density at radius 1 is 1.45 bits per heavy atom. The Bertz CT molecular complexity index is 620. The van der Waals surface area contributed by atoms with E-state index in [-0.39, 0.29) is 0 Å². The normalized spacial score (nSPS) is 17.2. The number of hydrogen-bond donors (Lipinski definition) is 1. The summed E-state index contributed by atoms with van der Waals surface area (Å²) in [5, 5.41) is 2.79. The van der Waals surface area contributed by atoms with Gasteiger partial charge in [-0.1, -0.05) is 11.6 Å². The summed E-state index contributed by atoms with van der Waals surface area (Å²) in [6.07, 6.45) is 2.53. The largest absolute Gasteiger partial charge is 0.467 e. The lowest BCUT2D eigenvalue weighted by molar-refractivity contribution is -0.153. The molecule has 118 valence electrons. The Hall–Kier alpha value is -2.15. The van der Waals surface area contributed by atoms with Crippen molar-refractivity contribution in [2.45, 2.75) is 25.8 Å². The summed E-state index contributed by atoms with van der Waals surface area (Å²) in [5.74, 6) is -2.09. The van der Waals surface area contributed by atoms with Gasteiger partial charge in [0.15, 0.2) is 0 Å². The third-order valence-electron chi connectivity index (χ3n) is 3.51. The molecule has 0 unspecified atom stereocenters. The molecule has 0 saturated carbocycles. The minimum absolute atomic E-state index is 0.298. The van der Waals surface area contributed by atoms with Gasteiger partial charge in [-0.15, -0.1) is 0 Å². The highest BCUT2D eigenvalue weighted by Gasteiger charge is 2.37. The molecule has 0 bridgehead atoms. The maximum absolute atomic E-state index is 12.2. The number of anilines is 1. The van der Waals surface area contributed by atoms with Crippen LogP contribution in [0.1, 0.15) is 18.4 Å². The summed E-state index contributed by atoms with van der Waals surface area (Å²) >= 11 is 5.74. The van der Waals surface area contributed by atoms with Gasteiger partial charge in [-0.3, -0.25) is 9.59 Å². The van der Waals surface area contributed by atoms with Gasteiger partial charge in [0.25, 0.3) is 0 Å². The van der Waals surface area contributed by atoms with E-state index in [9.17, 15) is 14.4 Å². The predicted octanol–water partition coefficient (Wildman–Crippen LogP) is 1.15. The Morgan fingerprint density at radius 3 is 2.82 bits per heavy atom. The summed E-state index contributed by atoms with van der Waals surface area (Å²) in [7, 11) is 1.26. The highest BCUT2D eigenvalue weighted by atomic mass is 35.5. The first-order valence-corrected chi connectivity index (χ1v) is 7.13. The summed E-state index contributed by atoms with van der Waals surface area (Å²) in [5.41, 5.74) is 1.09. The van der Waals surface area contributed by atoms with Crippen molar-refractivity contribution in [2.75, 3.05) is 19.0 Å². The average Bonchev–Trinajstić information content (AvgIpc) is 2.97. The van der Waals surface area contributed by atoms with E-state index in [2.05, 4.69) is 15.0 Å². The van der Waals surface area contributed by atoms with E-state index >= 15 is 0 Å². The van der Waals surface area contributed by atoms with E-state index in [4.69, 9.17) is 11.6 Å². The minimum atomic E-state index is -0.817. The number of pyridine rings is 1. The van der Waals surface area contributed by atoms with Gasteiger partial charge in [-0.2, -0.15) is 0 Å². The lowest BCUT2D eigenvalue weighted by atomic mass is 10.2. The Balaban J connectivity index is 2.09. The molecule has 0 aromatic carbocycles. The standard InChI is InChI=1S/C14H16ClN3O4/c1-8-6-11(15)16-7-9(8)17-12(19)13(20)18-5-3-4-10(18)14(21)22-2/h6-7,10H,3-5H2,1-2H3,(H,17,19)/t10-/m1/s1. The topological polar surface area (TPSA) is 88.6 Å². The van der Waals surface area contributed by atoms with Crippen LogP contribution in [0.4, 0.5) is 5.69 Å². The van der Waals surface area contributed by atoms with Crippen LogP contribution in [0, 0.1) is 6.92 Å².